The summed E-state index contributed by atoms with van der Waals surface area (Å²) in [5.74, 6) is 1.30. The van der Waals surface area contributed by atoms with Gasteiger partial charge in [0.15, 0.2) is 5.78 Å². The van der Waals surface area contributed by atoms with Crippen LogP contribution in [-0.4, -0.2) is 18.0 Å². The van der Waals surface area contributed by atoms with Crippen molar-refractivity contribution in [3.63, 3.8) is 0 Å². The Morgan fingerprint density at radius 3 is 2.67 bits per heavy atom. The van der Waals surface area contributed by atoms with E-state index < -0.39 is 0 Å². The molecule has 5 rings (SSSR count). The number of hydrogen-bond donors (Lipinski definition) is 1. The Kier molecular flexibility index (Phi) is 4.63. The van der Waals surface area contributed by atoms with Crippen LogP contribution < -0.4 is 10.1 Å². The summed E-state index contributed by atoms with van der Waals surface area (Å²) in [5, 5.41) is 8.22. The molecule has 5 nitrogen and oxygen atoms in total. The maximum Gasteiger partial charge on any atom is 0.233 e. The number of aryl methyl sites for hydroxylation is 1. The van der Waals surface area contributed by atoms with Gasteiger partial charge in [-0.1, -0.05) is 47.1 Å². The summed E-state index contributed by atoms with van der Waals surface area (Å²) < 4.78 is 11.2. The van der Waals surface area contributed by atoms with Crippen molar-refractivity contribution in [1.29, 1.82) is 0 Å². The zero-order valence-corrected chi connectivity index (χ0v) is 17.5. The first-order valence-electron chi connectivity index (χ1n) is 9.94. The molecule has 0 amide bonds. The number of halogens is 1. The smallest absolute Gasteiger partial charge is 0.233 e. The van der Waals surface area contributed by atoms with Crippen LogP contribution in [0.5, 0.6) is 5.75 Å². The van der Waals surface area contributed by atoms with E-state index in [2.05, 4.69) is 10.5 Å². The van der Waals surface area contributed by atoms with E-state index in [1.807, 2.05) is 55.5 Å². The number of hydrogen-bond acceptors (Lipinski definition) is 5. The summed E-state index contributed by atoms with van der Waals surface area (Å²) >= 11 is 6.04. The molecule has 1 aliphatic heterocycles. The minimum Gasteiger partial charge on any atom is -0.496 e. The summed E-state index contributed by atoms with van der Waals surface area (Å²) in [6.45, 7) is 1.90. The Morgan fingerprint density at radius 2 is 1.90 bits per heavy atom. The van der Waals surface area contributed by atoms with Gasteiger partial charge >= 0.3 is 0 Å². The molecule has 2 aliphatic rings. The molecule has 3 aromatic rings. The van der Waals surface area contributed by atoms with E-state index in [-0.39, 0.29) is 17.6 Å². The van der Waals surface area contributed by atoms with Gasteiger partial charge in [-0.05, 0) is 43.0 Å². The lowest BCUT2D eigenvalue weighted by molar-refractivity contribution is -0.116. The number of para-hydroxylation sites is 1. The van der Waals surface area contributed by atoms with Crippen LogP contribution in [0, 0.1) is 6.92 Å². The highest BCUT2D eigenvalue weighted by Gasteiger charge is 2.42. The van der Waals surface area contributed by atoms with E-state index in [4.69, 9.17) is 20.9 Å². The lowest BCUT2D eigenvalue weighted by Gasteiger charge is -2.34. The van der Waals surface area contributed by atoms with Crippen molar-refractivity contribution in [1.82, 2.24) is 5.16 Å². The number of anilines is 1. The molecule has 1 N–H and O–H groups in total. The first-order chi connectivity index (χ1) is 14.6. The summed E-state index contributed by atoms with van der Waals surface area (Å²) in [5.41, 5.74) is 5.40. The number of nitrogens with zero attached hydrogens (tertiary/aromatic N) is 1. The van der Waals surface area contributed by atoms with Crippen molar-refractivity contribution in [3.05, 3.63) is 87.2 Å². The number of Topliss-reactive ketones (excluding diaryl/α,β-unsaturated/α-hetero) is 1. The predicted molar refractivity (Wildman–Crippen MR) is 115 cm³/mol. The quantitative estimate of drug-likeness (QED) is 0.597. The molecule has 2 heterocycles. The molecule has 0 saturated heterocycles. The maximum absolute atomic E-state index is 13.5. The second-order valence-corrected chi connectivity index (χ2v) is 8.22. The SMILES string of the molecule is COc1ccccc1[C@H]1C2=C(C[C@H](c3ccc(Cl)cc3)CC2=O)Nc2onc(C)c21. The van der Waals surface area contributed by atoms with Gasteiger partial charge < -0.3 is 14.6 Å². The number of ketones is 1. The highest BCUT2D eigenvalue weighted by atomic mass is 35.5. The van der Waals surface area contributed by atoms with Gasteiger partial charge in [-0.15, -0.1) is 0 Å². The molecule has 0 fully saturated rings. The van der Waals surface area contributed by atoms with Gasteiger partial charge in [-0.3, -0.25) is 4.79 Å². The number of benzene rings is 2. The van der Waals surface area contributed by atoms with Crippen molar-refractivity contribution in [2.75, 3.05) is 12.4 Å². The number of methoxy groups -OCH3 is 1. The number of nitrogens with one attached hydrogen (secondary N) is 1. The summed E-state index contributed by atoms with van der Waals surface area (Å²) in [7, 11) is 1.65. The number of ether oxygens (including phenoxy) is 1. The number of carbonyl (C=O) groups is 1. The van der Waals surface area contributed by atoms with Crippen molar-refractivity contribution in [2.24, 2.45) is 0 Å². The summed E-state index contributed by atoms with van der Waals surface area (Å²) in [4.78, 5) is 13.5. The average molecular weight is 421 g/mol. The molecule has 2 aromatic carbocycles. The largest absolute Gasteiger partial charge is 0.496 e. The van der Waals surface area contributed by atoms with E-state index in [9.17, 15) is 4.79 Å². The van der Waals surface area contributed by atoms with Crippen LogP contribution in [0.1, 0.15) is 47.1 Å². The lowest BCUT2D eigenvalue weighted by Crippen LogP contribution is -2.29. The monoisotopic (exact) mass is 420 g/mol. The lowest BCUT2D eigenvalue weighted by atomic mass is 9.72. The van der Waals surface area contributed by atoms with E-state index in [0.717, 1.165) is 39.4 Å². The van der Waals surface area contributed by atoms with Gasteiger partial charge in [0.1, 0.15) is 5.75 Å². The third kappa shape index (κ3) is 3.01. The van der Waals surface area contributed by atoms with Crippen LogP contribution in [0.15, 0.2) is 64.3 Å². The Labute approximate surface area is 179 Å². The van der Waals surface area contributed by atoms with E-state index >= 15 is 0 Å². The number of aromatic nitrogens is 1. The van der Waals surface area contributed by atoms with Crippen LogP contribution in [0.3, 0.4) is 0 Å². The third-order valence-corrected chi connectivity index (χ3v) is 6.30. The second kappa shape index (κ2) is 7.33. The predicted octanol–water partition coefficient (Wildman–Crippen LogP) is 5.60. The topological polar surface area (TPSA) is 64.4 Å². The molecule has 152 valence electrons. The van der Waals surface area contributed by atoms with Crippen LogP contribution in [0.4, 0.5) is 5.88 Å². The molecule has 6 heteroatoms. The minimum atomic E-state index is -0.266. The van der Waals surface area contributed by atoms with Crippen LogP contribution in [0.2, 0.25) is 5.02 Å². The number of fused-ring (bicyclic) bond motifs is 1. The fourth-order valence-corrected chi connectivity index (χ4v) is 4.78. The van der Waals surface area contributed by atoms with Crippen LogP contribution in [0.25, 0.3) is 0 Å². The first kappa shape index (κ1) is 18.9. The van der Waals surface area contributed by atoms with Gasteiger partial charge in [-0.25, -0.2) is 0 Å². The molecule has 0 saturated carbocycles. The molecule has 0 radical (unpaired) electrons. The molecule has 1 aliphatic carbocycles. The zero-order chi connectivity index (χ0) is 20.8. The Bertz CT molecular complexity index is 1160. The fourth-order valence-electron chi connectivity index (χ4n) is 4.66. The molecule has 30 heavy (non-hydrogen) atoms. The summed E-state index contributed by atoms with van der Waals surface area (Å²) in [6, 6.07) is 15.6. The standard InChI is InChI=1S/C24H21ClN2O3/c1-13-21-22(17-5-3-4-6-20(17)29-2)23-18(26-24(21)30-27-13)11-15(12-19(23)28)14-7-9-16(25)10-8-14/h3-10,15,22,26H,11-12H2,1-2H3/t15-,22+/m0/s1. The van der Waals surface area contributed by atoms with Gasteiger partial charge in [0.25, 0.3) is 0 Å². The number of rotatable bonds is 3. The zero-order valence-electron chi connectivity index (χ0n) is 16.7. The van der Waals surface area contributed by atoms with Crippen molar-refractivity contribution >= 4 is 23.3 Å². The van der Waals surface area contributed by atoms with Gasteiger partial charge in [0, 0.05) is 28.3 Å². The fraction of sp³-hybridized carbons (Fsp3) is 0.250. The molecular weight excluding hydrogens is 400 g/mol. The van der Waals surface area contributed by atoms with Crippen molar-refractivity contribution in [3.8, 4) is 5.75 Å². The third-order valence-electron chi connectivity index (χ3n) is 6.05. The number of allylic oxidation sites excluding steroid dienone is 2. The highest BCUT2D eigenvalue weighted by Crippen LogP contribution is 2.50. The summed E-state index contributed by atoms with van der Waals surface area (Å²) in [6.07, 6.45) is 1.17. The Morgan fingerprint density at radius 1 is 1.13 bits per heavy atom. The van der Waals surface area contributed by atoms with Crippen LogP contribution in [-0.2, 0) is 4.79 Å². The minimum absolute atomic E-state index is 0.0879. The van der Waals surface area contributed by atoms with Crippen molar-refractivity contribution in [2.45, 2.75) is 31.6 Å². The van der Waals surface area contributed by atoms with Crippen molar-refractivity contribution < 1.29 is 14.1 Å². The van der Waals surface area contributed by atoms with E-state index in [0.29, 0.717) is 23.7 Å². The van der Waals surface area contributed by atoms with E-state index in [1.54, 1.807) is 7.11 Å². The first-order valence-corrected chi connectivity index (χ1v) is 10.3. The molecule has 1 aromatic heterocycles. The molecule has 0 spiro atoms. The highest BCUT2D eigenvalue weighted by molar-refractivity contribution is 6.30. The Balaban J connectivity index is 1.64. The van der Waals surface area contributed by atoms with Gasteiger partial charge in [-0.2, -0.15) is 0 Å². The molecule has 0 unspecified atom stereocenters. The Hall–Kier alpha value is -3.05. The van der Waals surface area contributed by atoms with Gasteiger partial charge in [0.05, 0.1) is 24.3 Å². The normalized spacial score (nSPS) is 20.4. The van der Waals surface area contributed by atoms with E-state index in [1.165, 1.54) is 0 Å². The maximum atomic E-state index is 13.5. The average Bonchev–Trinajstić information content (AvgIpc) is 3.13. The van der Waals surface area contributed by atoms with Crippen LogP contribution >= 0.6 is 11.6 Å². The number of carbonyl (C=O) groups excluding carboxylic acids is 1. The molecule has 0 bridgehead atoms. The molecular formula is C24H21ClN2O3. The van der Waals surface area contributed by atoms with Gasteiger partial charge in [0.2, 0.25) is 5.88 Å². The molecule has 2 atom stereocenters. The second-order valence-electron chi connectivity index (χ2n) is 7.78.